The summed E-state index contributed by atoms with van der Waals surface area (Å²) in [7, 11) is 0. The molecule has 0 amide bonds. The Balaban J connectivity index is 2.56. The lowest BCUT2D eigenvalue weighted by Crippen LogP contribution is -1.97. The summed E-state index contributed by atoms with van der Waals surface area (Å²) in [6, 6.07) is 11.1. The van der Waals surface area contributed by atoms with Gasteiger partial charge in [-0.25, -0.2) is 4.79 Å². The van der Waals surface area contributed by atoms with Crippen LogP contribution < -0.4 is 0 Å². The van der Waals surface area contributed by atoms with Crippen molar-refractivity contribution in [2.75, 3.05) is 0 Å². The average Bonchev–Trinajstić information content (AvgIpc) is 2.32. The molecule has 0 fully saturated rings. The van der Waals surface area contributed by atoms with Crippen molar-refractivity contribution in [2.45, 2.75) is 13.8 Å². The number of benzene rings is 2. The Morgan fingerprint density at radius 1 is 1.17 bits per heavy atom. The van der Waals surface area contributed by atoms with E-state index in [2.05, 4.69) is 0 Å². The van der Waals surface area contributed by atoms with Crippen LogP contribution in [0.5, 0.6) is 0 Å². The van der Waals surface area contributed by atoms with Gasteiger partial charge in [0.1, 0.15) is 0 Å². The molecule has 0 aliphatic rings. The van der Waals surface area contributed by atoms with Crippen molar-refractivity contribution in [1.29, 1.82) is 0 Å². The third-order valence-electron chi connectivity index (χ3n) is 3.12. The highest BCUT2D eigenvalue weighted by Crippen LogP contribution is 2.29. The summed E-state index contributed by atoms with van der Waals surface area (Å²) >= 11 is 5.99. The van der Waals surface area contributed by atoms with Gasteiger partial charge in [0.05, 0.1) is 10.6 Å². The smallest absolute Gasteiger partial charge is 0.337 e. The molecular weight excluding hydrogens is 248 g/mol. The van der Waals surface area contributed by atoms with E-state index in [9.17, 15) is 4.79 Å². The fourth-order valence-corrected chi connectivity index (χ4v) is 2.18. The minimum Gasteiger partial charge on any atom is -0.478 e. The molecule has 2 aromatic carbocycles. The zero-order valence-corrected chi connectivity index (χ0v) is 11.0. The van der Waals surface area contributed by atoms with Crippen molar-refractivity contribution in [2.24, 2.45) is 0 Å². The van der Waals surface area contributed by atoms with Crippen molar-refractivity contribution < 1.29 is 9.90 Å². The number of carbonyl (C=O) groups is 1. The molecule has 0 aliphatic heterocycles. The van der Waals surface area contributed by atoms with Gasteiger partial charge in [-0.3, -0.25) is 0 Å². The molecule has 3 heteroatoms. The van der Waals surface area contributed by atoms with Crippen LogP contribution in [-0.2, 0) is 0 Å². The number of hydrogen-bond acceptors (Lipinski definition) is 1. The van der Waals surface area contributed by atoms with Crippen LogP contribution in [0.3, 0.4) is 0 Å². The van der Waals surface area contributed by atoms with Gasteiger partial charge in [0, 0.05) is 0 Å². The Hall–Kier alpha value is -1.80. The Labute approximate surface area is 111 Å². The topological polar surface area (TPSA) is 37.3 Å². The molecule has 92 valence electrons. The van der Waals surface area contributed by atoms with Crippen LogP contribution in [0.4, 0.5) is 0 Å². The number of rotatable bonds is 2. The average molecular weight is 261 g/mol. The number of halogens is 1. The maximum absolute atomic E-state index is 10.9. The molecule has 0 atom stereocenters. The second-order valence-electron chi connectivity index (χ2n) is 4.25. The predicted octanol–water partition coefficient (Wildman–Crippen LogP) is 4.32. The van der Waals surface area contributed by atoms with E-state index in [0.29, 0.717) is 0 Å². The fraction of sp³-hybridized carbons (Fsp3) is 0.133. The third-order valence-corrected chi connectivity index (χ3v) is 3.43. The highest BCUT2D eigenvalue weighted by Gasteiger charge is 2.11. The van der Waals surface area contributed by atoms with Gasteiger partial charge in [0.2, 0.25) is 0 Å². The molecule has 2 nitrogen and oxygen atoms in total. The highest BCUT2D eigenvalue weighted by atomic mass is 35.5. The highest BCUT2D eigenvalue weighted by molar-refractivity contribution is 6.33. The molecule has 0 spiro atoms. The summed E-state index contributed by atoms with van der Waals surface area (Å²) in [4.78, 5) is 10.9. The van der Waals surface area contributed by atoms with Gasteiger partial charge in [0.25, 0.3) is 0 Å². The molecule has 0 saturated carbocycles. The van der Waals surface area contributed by atoms with E-state index in [-0.39, 0.29) is 10.6 Å². The van der Waals surface area contributed by atoms with Crippen molar-refractivity contribution in [3.05, 3.63) is 58.1 Å². The summed E-state index contributed by atoms with van der Waals surface area (Å²) in [5.74, 6) is -1.01. The summed E-state index contributed by atoms with van der Waals surface area (Å²) in [6.07, 6.45) is 0. The molecule has 0 unspecified atom stereocenters. The van der Waals surface area contributed by atoms with E-state index in [0.717, 1.165) is 11.1 Å². The Bertz CT molecular complexity index is 618. The zero-order valence-electron chi connectivity index (χ0n) is 10.2. The first kappa shape index (κ1) is 12.7. The van der Waals surface area contributed by atoms with Gasteiger partial charge in [-0.1, -0.05) is 35.9 Å². The molecular formula is C15H13ClO2. The van der Waals surface area contributed by atoms with Crippen molar-refractivity contribution >= 4 is 17.6 Å². The summed E-state index contributed by atoms with van der Waals surface area (Å²) < 4.78 is 0. The van der Waals surface area contributed by atoms with Crippen LogP contribution in [0.25, 0.3) is 11.1 Å². The number of hydrogen-bond donors (Lipinski definition) is 1. The Morgan fingerprint density at radius 3 is 2.50 bits per heavy atom. The SMILES string of the molecule is Cc1cccc(-c2ccc(C(=O)O)c(Cl)c2)c1C. The first-order valence-corrected chi connectivity index (χ1v) is 5.98. The molecule has 0 radical (unpaired) electrons. The van der Waals surface area contributed by atoms with Crippen LogP contribution in [0, 0.1) is 13.8 Å². The van der Waals surface area contributed by atoms with E-state index >= 15 is 0 Å². The second-order valence-corrected chi connectivity index (χ2v) is 4.65. The van der Waals surface area contributed by atoms with E-state index in [4.69, 9.17) is 16.7 Å². The lowest BCUT2D eigenvalue weighted by molar-refractivity contribution is 0.0697. The minimum absolute atomic E-state index is 0.130. The van der Waals surface area contributed by atoms with Gasteiger partial charge in [-0.05, 0) is 48.2 Å². The maximum atomic E-state index is 10.9. The van der Waals surface area contributed by atoms with E-state index in [1.54, 1.807) is 18.2 Å². The minimum atomic E-state index is -1.01. The quantitative estimate of drug-likeness (QED) is 0.873. The normalized spacial score (nSPS) is 10.4. The van der Waals surface area contributed by atoms with Crippen LogP contribution >= 0.6 is 11.6 Å². The predicted molar refractivity (Wildman–Crippen MR) is 73.3 cm³/mol. The lowest BCUT2D eigenvalue weighted by Gasteiger charge is -2.10. The monoisotopic (exact) mass is 260 g/mol. The van der Waals surface area contributed by atoms with Crippen molar-refractivity contribution in [3.8, 4) is 11.1 Å². The lowest BCUT2D eigenvalue weighted by atomic mass is 9.96. The maximum Gasteiger partial charge on any atom is 0.337 e. The summed E-state index contributed by atoms with van der Waals surface area (Å²) in [5.41, 5.74) is 4.52. The molecule has 0 aliphatic carbocycles. The molecule has 0 aromatic heterocycles. The Kier molecular flexibility index (Phi) is 3.39. The van der Waals surface area contributed by atoms with Crippen molar-refractivity contribution in [3.63, 3.8) is 0 Å². The van der Waals surface area contributed by atoms with E-state index in [1.807, 2.05) is 32.0 Å². The number of aryl methyl sites for hydroxylation is 1. The van der Waals surface area contributed by atoms with Gasteiger partial charge in [-0.15, -0.1) is 0 Å². The summed E-state index contributed by atoms with van der Waals surface area (Å²) in [5, 5.41) is 9.21. The van der Waals surface area contributed by atoms with Crippen LogP contribution in [0.2, 0.25) is 5.02 Å². The molecule has 0 saturated heterocycles. The zero-order chi connectivity index (χ0) is 13.3. The Morgan fingerprint density at radius 2 is 1.89 bits per heavy atom. The van der Waals surface area contributed by atoms with Gasteiger partial charge in [0.15, 0.2) is 0 Å². The van der Waals surface area contributed by atoms with Gasteiger partial charge < -0.3 is 5.11 Å². The van der Waals surface area contributed by atoms with Crippen LogP contribution in [0.15, 0.2) is 36.4 Å². The molecule has 0 heterocycles. The molecule has 18 heavy (non-hydrogen) atoms. The third kappa shape index (κ3) is 2.24. The van der Waals surface area contributed by atoms with Gasteiger partial charge >= 0.3 is 5.97 Å². The van der Waals surface area contributed by atoms with Crippen LogP contribution in [0.1, 0.15) is 21.5 Å². The summed E-state index contributed by atoms with van der Waals surface area (Å²) in [6.45, 7) is 4.09. The van der Waals surface area contributed by atoms with Crippen molar-refractivity contribution in [1.82, 2.24) is 0 Å². The van der Waals surface area contributed by atoms with Crippen LogP contribution in [-0.4, -0.2) is 11.1 Å². The molecule has 2 rings (SSSR count). The fourth-order valence-electron chi connectivity index (χ4n) is 1.92. The molecule has 2 aromatic rings. The van der Waals surface area contributed by atoms with E-state index < -0.39 is 5.97 Å². The van der Waals surface area contributed by atoms with E-state index in [1.165, 1.54) is 11.1 Å². The number of aromatic carboxylic acids is 1. The first-order valence-electron chi connectivity index (χ1n) is 5.60. The second kappa shape index (κ2) is 4.83. The number of carboxylic acids is 1. The first-order chi connectivity index (χ1) is 8.50. The standard InChI is InChI=1S/C15H13ClO2/c1-9-4-3-5-12(10(9)2)11-6-7-13(15(17)18)14(16)8-11/h3-8H,1-2H3,(H,17,18). The molecule has 0 bridgehead atoms. The molecule has 1 N–H and O–H groups in total. The number of carboxylic acid groups (broad SMARTS) is 1. The largest absolute Gasteiger partial charge is 0.478 e. The van der Waals surface area contributed by atoms with Gasteiger partial charge in [-0.2, -0.15) is 0 Å².